The van der Waals surface area contributed by atoms with Gasteiger partial charge in [-0.3, -0.25) is 4.85 Å². The second-order valence-corrected chi connectivity index (χ2v) is 8.75. The first-order chi connectivity index (χ1) is 16.7. The fraction of sp³-hybridized carbons (Fsp3) is 0.250. The van der Waals surface area contributed by atoms with Crippen LogP contribution in [0.5, 0.6) is 0 Å². The quantitative estimate of drug-likeness (QED) is 0.410. The molecule has 6 heteroatoms. The number of piperazine rings is 1. The Bertz CT molecular complexity index is 1320. The van der Waals surface area contributed by atoms with Crippen LogP contribution in [0.3, 0.4) is 0 Å². The van der Waals surface area contributed by atoms with Crippen LogP contribution < -0.4 is 10.2 Å². The van der Waals surface area contributed by atoms with Gasteiger partial charge in [0.05, 0.1) is 0 Å². The summed E-state index contributed by atoms with van der Waals surface area (Å²) < 4.78 is 0. The summed E-state index contributed by atoms with van der Waals surface area (Å²) in [6, 6.07) is 21.4. The molecule has 5 rings (SSSR count). The number of hydrogen-bond acceptors (Lipinski definition) is 5. The van der Waals surface area contributed by atoms with Crippen molar-refractivity contribution in [1.82, 2.24) is 14.9 Å². The molecule has 0 atom stereocenters. The van der Waals surface area contributed by atoms with Crippen molar-refractivity contribution in [2.24, 2.45) is 0 Å². The number of rotatable bonds is 6. The van der Waals surface area contributed by atoms with Crippen LogP contribution in [-0.4, -0.2) is 47.7 Å². The molecular weight excluding hydrogens is 420 g/mol. The number of hydrogen-bond donors (Lipinski definition) is 1. The lowest BCUT2D eigenvalue weighted by Gasteiger charge is -2.32. The zero-order chi connectivity index (χ0) is 23.3. The molecule has 1 aliphatic rings. The van der Waals surface area contributed by atoms with Gasteiger partial charge in [0.2, 0.25) is 0 Å². The largest absolute Gasteiger partial charge is 0.365 e. The molecule has 2 aromatic carbocycles. The molecule has 0 unspecified atom stereocenters. The average Bonchev–Trinajstić information content (AvgIpc) is 2.88. The van der Waals surface area contributed by atoms with Gasteiger partial charge in [0.1, 0.15) is 11.6 Å². The Morgan fingerprint density at radius 1 is 0.941 bits per heavy atom. The highest BCUT2D eigenvalue weighted by Crippen LogP contribution is 2.26. The molecule has 170 valence electrons. The Morgan fingerprint density at radius 2 is 1.76 bits per heavy atom. The van der Waals surface area contributed by atoms with E-state index in [0.29, 0.717) is 13.2 Å². The average molecular weight is 449 g/mol. The number of anilines is 2. The Labute approximate surface area is 200 Å². The van der Waals surface area contributed by atoms with Crippen LogP contribution >= 0.6 is 0 Å². The molecule has 0 radical (unpaired) electrons. The van der Waals surface area contributed by atoms with Crippen LogP contribution in [0, 0.1) is 13.5 Å². The molecule has 4 aromatic rings. The lowest BCUT2D eigenvalue weighted by atomic mass is 10.0. The third-order valence-corrected chi connectivity index (χ3v) is 6.37. The summed E-state index contributed by atoms with van der Waals surface area (Å²) in [5.41, 5.74) is 4.94. The molecular formula is C28H28N6. The minimum Gasteiger partial charge on any atom is -0.365 e. The lowest BCUT2D eigenvalue weighted by molar-refractivity contribution is 0.282. The van der Waals surface area contributed by atoms with E-state index in [-0.39, 0.29) is 0 Å². The van der Waals surface area contributed by atoms with Crippen LogP contribution in [0.1, 0.15) is 11.1 Å². The Balaban J connectivity index is 1.27. The zero-order valence-electron chi connectivity index (χ0n) is 19.4. The third-order valence-electron chi connectivity index (χ3n) is 6.37. The van der Waals surface area contributed by atoms with Crippen molar-refractivity contribution in [2.45, 2.75) is 13.5 Å². The predicted octanol–water partition coefficient (Wildman–Crippen LogP) is 5.22. The second kappa shape index (κ2) is 9.90. The van der Waals surface area contributed by atoms with Gasteiger partial charge >= 0.3 is 0 Å². The van der Waals surface area contributed by atoms with Crippen molar-refractivity contribution in [1.29, 1.82) is 0 Å². The minimum atomic E-state index is 0.480. The maximum atomic E-state index is 7.05. The first kappa shape index (κ1) is 21.9. The number of nitrogens with zero attached hydrogens (tertiary/aromatic N) is 5. The van der Waals surface area contributed by atoms with Crippen LogP contribution in [-0.2, 0) is 6.54 Å². The minimum absolute atomic E-state index is 0.480. The van der Waals surface area contributed by atoms with Crippen LogP contribution in [0.25, 0.3) is 26.7 Å². The first-order valence-electron chi connectivity index (χ1n) is 11.6. The van der Waals surface area contributed by atoms with Gasteiger partial charge in [0, 0.05) is 50.5 Å². The number of benzene rings is 2. The molecule has 1 aliphatic heterocycles. The van der Waals surface area contributed by atoms with E-state index < -0.39 is 0 Å². The number of aryl methyl sites for hydroxylation is 1. The van der Waals surface area contributed by atoms with Crippen molar-refractivity contribution in [3.8, 4) is 11.1 Å². The van der Waals surface area contributed by atoms with Crippen LogP contribution in [0.2, 0.25) is 0 Å². The fourth-order valence-electron chi connectivity index (χ4n) is 4.41. The molecule has 0 aliphatic carbocycles. The van der Waals surface area contributed by atoms with Gasteiger partial charge in [0.15, 0.2) is 0 Å². The fourth-order valence-corrected chi connectivity index (χ4v) is 4.41. The molecule has 0 saturated carbocycles. The topological polar surface area (TPSA) is 48.6 Å². The molecule has 1 saturated heterocycles. The van der Waals surface area contributed by atoms with Crippen molar-refractivity contribution >= 4 is 22.4 Å². The van der Waals surface area contributed by atoms with Crippen molar-refractivity contribution in [3.05, 3.63) is 95.6 Å². The van der Waals surface area contributed by atoms with Gasteiger partial charge in [-0.2, -0.15) is 0 Å². The van der Waals surface area contributed by atoms with E-state index in [9.17, 15) is 0 Å². The van der Waals surface area contributed by atoms with Gasteiger partial charge in [-0.15, -0.1) is 0 Å². The van der Waals surface area contributed by atoms with Crippen molar-refractivity contribution in [3.63, 3.8) is 0 Å². The highest BCUT2D eigenvalue weighted by atomic mass is 15.3. The molecule has 2 aromatic heterocycles. The summed E-state index contributed by atoms with van der Waals surface area (Å²) in [5, 5.41) is 5.64. The lowest BCUT2D eigenvalue weighted by Crippen LogP contribution is -2.46. The summed E-state index contributed by atoms with van der Waals surface area (Å²) in [5.74, 6) is 1.83. The zero-order valence-corrected chi connectivity index (χ0v) is 19.4. The molecule has 0 spiro atoms. The predicted molar refractivity (Wildman–Crippen MR) is 139 cm³/mol. The highest BCUT2D eigenvalue weighted by molar-refractivity contribution is 5.92. The molecule has 1 fully saturated rings. The Hall–Kier alpha value is -3.95. The van der Waals surface area contributed by atoms with Gasteiger partial charge in [0.25, 0.3) is 6.67 Å². The maximum Gasteiger partial charge on any atom is 0.270 e. The number of pyridine rings is 2. The monoisotopic (exact) mass is 448 g/mol. The molecule has 0 amide bonds. The maximum absolute atomic E-state index is 7.05. The summed E-state index contributed by atoms with van der Waals surface area (Å²) in [6.07, 6.45) is 3.77. The van der Waals surface area contributed by atoms with E-state index in [0.717, 1.165) is 48.6 Å². The van der Waals surface area contributed by atoms with E-state index in [2.05, 4.69) is 86.5 Å². The van der Waals surface area contributed by atoms with Gasteiger partial charge in [-0.05, 0) is 41.1 Å². The molecule has 3 heterocycles. The molecule has 1 N–H and O–H groups in total. The van der Waals surface area contributed by atoms with E-state index >= 15 is 0 Å². The Kier molecular flexibility index (Phi) is 6.37. The summed E-state index contributed by atoms with van der Waals surface area (Å²) in [6.45, 7) is 13.9. The molecule has 6 nitrogen and oxygen atoms in total. The first-order valence-corrected chi connectivity index (χ1v) is 11.6. The SMILES string of the molecule is [C-]#[N+]CN1CCN(c2cc3ccnc(NCc4ccc(-c5cccc(C)c5)cc4)c3cn2)CC1. The van der Waals surface area contributed by atoms with E-state index in [4.69, 9.17) is 11.6 Å². The second-order valence-electron chi connectivity index (χ2n) is 8.75. The molecule has 0 bridgehead atoms. The molecule has 34 heavy (non-hydrogen) atoms. The summed E-state index contributed by atoms with van der Waals surface area (Å²) in [7, 11) is 0. The number of aromatic nitrogens is 2. The number of fused-ring (bicyclic) bond motifs is 1. The number of nitrogens with one attached hydrogen (secondary N) is 1. The normalized spacial score (nSPS) is 14.2. The van der Waals surface area contributed by atoms with E-state index in [1.54, 1.807) is 0 Å². The van der Waals surface area contributed by atoms with Crippen molar-refractivity contribution < 1.29 is 0 Å². The standard InChI is InChI=1S/C28H28N6/c1-21-4-3-5-24(16-21)23-8-6-22(7-9-23)18-32-28-26-19-31-27(17-25(26)10-11-30-28)34-14-12-33(13-15-34)20-29-2/h3-11,16-17,19H,12-15,18,20H2,1H3,(H,30,32). The van der Waals surface area contributed by atoms with Crippen molar-refractivity contribution in [2.75, 3.05) is 43.1 Å². The van der Waals surface area contributed by atoms with E-state index in [1.165, 1.54) is 22.3 Å². The smallest absolute Gasteiger partial charge is 0.270 e. The van der Waals surface area contributed by atoms with Gasteiger partial charge < -0.3 is 10.2 Å². The summed E-state index contributed by atoms with van der Waals surface area (Å²) >= 11 is 0. The van der Waals surface area contributed by atoms with Crippen LogP contribution in [0.15, 0.2) is 73.1 Å². The highest BCUT2D eigenvalue weighted by Gasteiger charge is 2.19. The third kappa shape index (κ3) is 4.85. The van der Waals surface area contributed by atoms with E-state index in [1.807, 2.05) is 18.5 Å². The Morgan fingerprint density at radius 3 is 2.53 bits per heavy atom. The van der Waals surface area contributed by atoms with Crippen LogP contribution in [0.4, 0.5) is 11.6 Å². The van der Waals surface area contributed by atoms with Gasteiger partial charge in [-0.25, -0.2) is 21.4 Å². The summed E-state index contributed by atoms with van der Waals surface area (Å²) in [4.78, 5) is 17.3. The van der Waals surface area contributed by atoms with Gasteiger partial charge in [-0.1, -0.05) is 54.1 Å².